The first-order valence-electron chi connectivity index (χ1n) is 7.48. The topological polar surface area (TPSA) is 41.5 Å². The van der Waals surface area contributed by atoms with Crippen molar-refractivity contribution in [2.24, 2.45) is 0 Å². The molecule has 1 aromatic carbocycles. The lowest BCUT2D eigenvalue weighted by molar-refractivity contribution is 0.0000134. The van der Waals surface area contributed by atoms with E-state index in [9.17, 15) is 9.50 Å². The lowest BCUT2D eigenvalue weighted by Crippen LogP contribution is -2.32. The third kappa shape index (κ3) is 3.93. The van der Waals surface area contributed by atoms with Crippen molar-refractivity contribution >= 4 is 0 Å². The molecule has 2 rings (SSSR count). The first-order chi connectivity index (χ1) is 9.64. The van der Waals surface area contributed by atoms with Crippen molar-refractivity contribution in [1.29, 1.82) is 0 Å². The van der Waals surface area contributed by atoms with Gasteiger partial charge in [-0.3, -0.25) is 0 Å². The molecule has 0 atom stereocenters. The first-order valence-corrected chi connectivity index (χ1v) is 7.48. The molecule has 0 aliphatic heterocycles. The largest absolute Gasteiger partial charge is 0.487 e. The zero-order valence-corrected chi connectivity index (χ0v) is 12.1. The Bertz CT molecular complexity index is 430. The zero-order valence-electron chi connectivity index (χ0n) is 12.1. The predicted octanol–water partition coefficient (Wildman–Crippen LogP) is 3.01. The Kier molecular flexibility index (Phi) is 5.38. The van der Waals surface area contributed by atoms with E-state index >= 15 is 0 Å². The number of halogens is 1. The third-order valence-corrected chi connectivity index (χ3v) is 3.81. The maximum atomic E-state index is 13.9. The zero-order chi connectivity index (χ0) is 14.4. The van der Waals surface area contributed by atoms with Gasteiger partial charge in [0.2, 0.25) is 0 Å². The van der Waals surface area contributed by atoms with Crippen LogP contribution >= 0.6 is 0 Å². The highest BCUT2D eigenvalue weighted by Crippen LogP contribution is 2.31. The van der Waals surface area contributed by atoms with E-state index in [0.717, 1.165) is 44.2 Å². The minimum atomic E-state index is -0.781. The number of aliphatic hydroxyl groups is 1. The monoisotopic (exact) mass is 281 g/mol. The minimum Gasteiger partial charge on any atom is -0.487 e. The standard InChI is InChI=1S/C16H24FNO2/c1-2-10-18-11-13-6-5-7-14(17)15(13)20-12-16(19)8-3-4-9-16/h5-7,18-19H,2-4,8-12H2,1H3. The number of nitrogens with one attached hydrogen (secondary N) is 1. The van der Waals surface area contributed by atoms with Gasteiger partial charge < -0.3 is 15.2 Å². The highest BCUT2D eigenvalue weighted by atomic mass is 19.1. The Labute approximate surface area is 120 Å². The highest BCUT2D eigenvalue weighted by Gasteiger charge is 2.32. The van der Waals surface area contributed by atoms with Gasteiger partial charge in [0.05, 0.1) is 5.60 Å². The lowest BCUT2D eigenvalue weighted by Gasteiger charge is -2.23. The number of hydrogen-bond donors (Lipinski definition) is 2. The second-order valence-corrected chi connectivity index (χ2v) is 5.62. The van der Waals surface area contributed by atoms with Gasteiger partial charge in [0.25, 0.3) is 0 Å². The van der Waals surface area contributed by atoms with E-state index < -0.39 is 5.60 Å². The van der Waals surface area contributed by atoms with E-state index in [4.69, 9.17) is 4.74 Å². The van der Waals surface area contributed by atoms with E-state index in [0.29, 0.717) is 6.54 Å². The van der Waals surface area contributed by atoms with Crippen LogP contribution in [0.1, 0.15) is 44.6 Å². The van der Waals surface area contributed by atoms with Gasteiger partial charge in [0.1, 0.15) is 6.61 Å². The minimum absolute atomic E-state index is 0.175. The molecule has 0 heterocycles. The third-order valence-electron chi connectivity index (χ3n) is 3.81. The molecule has 2 N–H and O–H groups in total. The number of benzene rings is 1. The van der Waals surface area contributed by atoms with Crippen LogP contribution in [0.15, 0.2) is 18.2 Å². The van der Waals surface area contributed by atoms with E-state index in [-0.39, 0.29) is 18.2 Å². The van der Waals surface area contributed by atoms with Crippen molar-refractivity contribution in [1.82, 2.24) is 5.32 Å². The maximum Gasteiger partial charge on any atom is 0.165 e. The number of rotatable bonds is 7. The summed E-state index contributed by atoms with van der Waals surface area (Å²) in [6.07, 6.45) is 4.55. The highest BCUT2D eigenvalue weighted by molar-refractivity contribution is 5.35. The first kappa shape index (κ1) is 15.3. The molecule has 0 radical (unpaired) electrons. The quantitative estimate of drug-likeness (QED) is 0.755. The molecule has 20 heavy (non-hydrogen) atoms. The molecule has 0 saturated heterocycles. The molecule has 1 fully saturated rings. The summed E-state index contributed by atoms with van der Waals surface area (Å²) in [6, 6.07) is 4.95. The summed E-state index contributed by atoms with van der Waals surface area (Å²) in [4.78, 5) is 0. The van der Waals surface area contributed by atoms with Crippen LogP contribution in [-0.4, -0.2) is 23.9 Å². The molecule has 0 aromatic heterocycles. The van der Waals surface area contributed by atoms with Gasteiger partial charge in [0.15, 0.2) is 11.6 Å². The average molecular weight is 281 g/mol. The van der Waals surface area contributed by atoms with Crippen molar-refractivity contribution in [3.05, 3.63) is 29.6 Å². The normalized spacial score (nSPS) is 17.4. The van der Waals surface area contributed by atoms with Gasteiger partial charge >= 0.3 is 0 Å². The van der Waals surface area contributed by atoms with Crippen molar-refractivity contribution in [3.63, 3.8) is 0 Å². The Morgan fingerprint density at radius 3 is 2.80 bits per heavy atom. The molecular weight excluding hydrogens is 257 g/mol. The fourth-order valence-electron chi connectivity index (χ4n) is 2.64. The Balaban J connectivity index is 2.01. The van der Waals surface area contributed by atoms with Gasteiger partial charge in [-0.25, -0.2) is 4.39 Å². The Morgan fingerprint density at radius 1 is 1.35 bits per heavy atom. The molecule has 3 nitrogen and oxygen atoms in total. The van der Waals surface area contributed by atoms with Gasteiger partial charge in [-0.15, -0.1) is 0 Å². The van der Waals surface area contributed by atoms with Crippen LogP contribution in [0.2, 0.25) is 0 Å². The van der Waals surface area contributed by atoms with Crippen LogP contribution < -0.4 is 10.1 Å². The van der Waals surface area contributed by atoms with Crippen molar-refractivity contribution in [2.45, 2.75) is 51.2 Å². The van der Waals surface area contributed by atoms with Crippen LogP contribution in [0, 0.1) is 5.82 Å². The number of ether oxygens (including phenoxy) is 1. The van der Waals surface area contributed by atoms with Crippen LogP contribution in [0.5, 0.6) is 5.75 Å². The molecule has 112 valence electrons. The smallest absolute Gasteiger partial charge is 0.165 e. The SMILES string of the molecule is CCCNCc1cccc(F)c1OCC1(O)CCCC1. The summed E-state index contributed by atoms with van der Waals surface area (Å²) < 4.78 is 19.5. The van der Waals surface area contributed by atoms with Crippen molar-refractivity contribution in [2.75, 3.05) is 13.2 Å². The fraction of sp³-hybridized carbons (Fsp3) is 0.625. The maximum absolute atomic E-state index is 13.9. The van der Waals surface area contributed by atoms with Gasteiger partial charge in [-0.2, -0.15) is 0 Å². The average Bonchev–Trinajstić information content (AvgIpc) is 2.85. The molecule has 0 spiro atoms. The second kappa shape index (κ2) is 7.04. The number of hydrogen-bond acceptors (Lipinski definition) is 3. The molecule has 0 bridgehead atoms. The summed E-state index contributed by atoms with van der Waals surface area (Å²) in [6.45, 7) is 3.74. The molecule has 1 saturated carbocycles. The summed E-state index contributed by atoms with van der Waals surface area (Å²) in [5.74, 6) is -0.0844. The second-order valence-electron chi connectivity index (χ2n) is 5.62. The molecule has 0 unspecified atom stereocenters. The van der Waals surface area contributed by atoms with Crippen LogP contribution in [0.3, 0.4) is 0 Å². The fourth-order valence-corrected chi connectivity index (χ4v) is 2.64. The summed E-state index contributed by atoms with van der Waals surface area (Å²) in [5.41, 5.74) is 0.0242. The molecule has 4 heteroatoms. The van der Waals surface area contributed by atoms with Crippen LogP contribution in [-0.2, 0) is 6.54 Å². The van der Waals surface area contributed by atoms with Crippen LogP contribution in [0.25, 0.3) is 0 Å². The predicted molar refractivity (Wildman–Crippen MR) is 77.3 cm³/mol. The number of para-hydroxylation sites is 1. The molecular formula is C16H24FNO2. The summed E-state index contributed by atoms with van der Waals surface area (Å²) in [7, 11) is 0. The molecule has 1 aromatic rings. The van der Waals surface area contributed by atoms with E-state index in [2.05, 4.69) is 12.2 Å². The van der Waals surface area contributed by atoms with E-state index in [1.165, 1.54) is 6.07 Å². The molecule has 1 aliphatic carbocycles. The van der Waals surface area contributed by atoms with Gasteiger partial charge in [-0.05, 0) is 31.9 Å². The van der Waals surface area contributed by atoms with Crippen molar-refractivity contribution in [3.8, 4) is 5.75 Å². The Morgan fingerprint density at radius 2 is 2.10 bits per heavy atom. The lowest BCUT2D eigenvalue weighted by atomic mass is 10.0. The van der Waals surface area contributed by atoms with Crippen molar-refractivity contribution < 1.29 is 14.2 Å². The van der Waals surface area contributed by atoms with E-state index in [1.54, 1.807) is 6.07 Å². The summed E-state index contributed by atoms with van der Waals surface area (Å²) in [5, 5.41) is 13.5. The summed E-state index contributed by atoms with van der Waals surface area (Å²) >= 11 is 0. The molecule has 0 amide bonds. The van der Waals surface area contributed by atoms with Crippen LogP contribution in [0.4, 0.5) is 4.39 Å². The van der Waals surface area contributed by atoms with Gasteiger partial charge in [0, 0.05) is 12.1 Å². The Hall–Kier alpha value is -1.13. The van der Waals surface area contributed by atoms with E-state index in [1.807, 2.05) is 6.07 Å². The molecule has 1 aliphatic rings. The van der Waals surface area contributed by atoms with Gasteiger partial charge in [-0.1, -0.05) is 31.9 Å².